The molecule has 2 rings (SSSR count). The highest BCUT2D eigenvalue weighted by molar-refractivity contribution is 5.93. The summed E-state index contributed by atoms with van der Waals surface area (Å²) in [6.07, 6.45) is 0. The van der Waals surface area contributed by atoms with Crippen LogP contribution in [0.4, 0.5) is 11.4 Å². The molecule has 0 aromatic heterocycles. The van der Waals surface area contributed by atoms with Gasteiger partial charge in [0, 0.05) is 16.9 Å². The number of nitrogen functional groups attached to an aromatic ring is 2. The van der Waals surface area contributed by atoms with E-state index in [9.17, 15) is 4.79 Å². The maximum absolute atomic E-state index is 10.6. The van der Waals surface area contributed by atoms with Gasteiger partial charge in [-0.1, -0.05) is 30.3 Å². The topological polar surface area (TPSA) is 69.1 Å². The van der Waals surface area contributed by atoms with Crippen molar-refractivity contribution in [3.05, 3.63) is 60.2 Å². The van der Waals surface area contributed by atoms with E-state index in [2.05, 4.69) is 0 Å². The Hall–Kier alpha value is -2.29. The van der Waals surface area contributed by atoms with Crippen molar-refractivity contribution in [2.75, 3.05) is 11.5 Å². The fraction of sp³-hybridized carbons (Fsp3) is 0.0714. The van der Waals surface area contributed by atoms with Gasteiger partial charge in [0.2, 0.25) is 0 Å². The van der Waals surface area contributed by atoms with Crippen molar-refractivity contribution >= 4 is 17.2 Å². The molecule has 2 aromatic rings. The molecule has 0 aliphatic heterocycles. The fourth-order valence-electron chi connectivity index (χ4n) is 1.17. The molecule has 0 spiro atoms. The zero-order valence-electron chi connectivity index (χ0n) is 9.76. The minimum absolute atomic E-state index is 0.121. The number of ketones is 1. The summed E-state index contributed by atoms with van der Waals surface area (Å²) in [5.41, 5.74) is 13.0. The standard InChI is InChI=1S/C8H8O.C6H8N2/c1-7(9)8-5-3-2-4-6-8;7-5-1-2-6(8)4-3-5/h2-6H,1H3;1-4H,7-8H2. The number of nitrogens with two attached hydrogens (primary N) is 2. The van der Waals surface area contributed by atoms with Crippen LogP contribution in [0.5, 0.6) is 0 Å². The lowest BCUT2D eigenvalue weighted by molar-refractivity contribution is 0.101. The molecule has 2 aromatic carbocycles. The molecule has 17 heavy (non-hydrogen) atoms. The third-order valence-corrected chi connectivity index (χ3v) is 2.12. The number of rotatable bonds is 1. The summed E-state index contributed by atoms with van der Waals surface area (Å²) < 4.78 is 0. The zero-order chi connectivity index (χ0) is 12.7. The number of carbonyl (C=O) groups is 1. The van der Waals surface area contributed by atoms with E-state index in [-0.39, 0.29) is 5.78 Å². The fourth-order valence-corrected chi connectivity index (χ4v) is 1.17. The summed E-state index contributed by atoms with van der Waals surface area (Å²) in [5, 5.41) is 0. The summed E-state index contributed by atoms with van der Waals surface area (Å²) in [5.74, 6) is 0.121. The Morgan fingerprint density at radius 3 is 1.53 bits per heavy atom. The summed E-state index contributed by atoms with van der Waals surface area (Å²) in [7, 11) is 0. The summed E-state index contributed by atoms with van der Waals surface area (Å²) in [4.78, 5) is 10.6. The van der Waals surface area contributed by atoms with Crippen LogP contribution >= 0.6 is 0 Å². The van der Waals surface area contributed by atoms with Crippen LogP contribution in [-0.4, -0.2) is 5.78 Å². The number of hydrogen-bond donors (Lipinski definition) is 2. The van der Waals surface area contributed by atoms with E-state index in [0.717, 1.165) is 16.9 Å². The van der Waals surface area contributed by atoms with Gasteiger partial charge in [-0.3, -0.25) is 4.79 Å². The first-order chi connectivity index (χ1) is 8.09. The van der Waals surface area contributed by atoms with Gasteiger partial charge in [0.1, 0.15) is 0 Å². The van der Waals surface area contributed by atoms with Crippen molar-refractivity contribution in [1.82, 2.24) is 0 Å². The lowest BCUT2D eigenvalue weighted by Gasteiger charge is -1.90. The number of Topliss-reactive ketones (excluding diaryl/α,β-unsaturated/α-hetero) is 1. The normalized spacial score (nSPS) is 9.00. The van der Waals surface area contributed by atoms with Gasteiger partial charge in [0.25, 0.3) is 0 Å². The van der Waals surface area contributed by atoms with E-state index >= 15 is 0 Å². The van der Waals surface area contributed by atoms with Crippen molar-refractivity contribution in [3.63, 3.8) is 0 Å². The van der Waals surface area contributed by atoms with Gasteiger partial charge in [-0.2, -0.15) is 0 Å². The number of benzene rings is 2. The quantitative estimate of drug-likeness (QED) is 0.582. The average Bonchev–Trinajstić information content (AvgIpc) is 2.35. The van der Waals surface area contributed by atoms with Gasteiger partial charge in [0.05, 0.1) is 0 Å². The Morgan fingerprint density at radius 2 is 1.24 bits per heavy atom. The van der Waals surface area contributed by atoms with Crippen LogP contribution in [0.25, 0.3) is 0 Å². The molecule has 0 aliphatic rings. The molecule has 0 fully saturated rings. The molecule has 3 heteroatoms. The van der Waals surface area contributed by atoms with E-state index in [1.165, 1.54) is 0 Å². The molecule has 0 aliphatic carbocycles. The van der Waals surface area contributed by atoms with Crippen molar-refractivity contribution in [3.8, 4) is 0 Å². The van der Waals surface area contributed by atoms with Crippen molar-refractivity contribution in [2.24, 2.45) is 0 Å². The van der Waals surface area contributed by atoms with Gasteiger partial charge in [-0.15, -0.1) is 0 Å². The zero-order valence-corrected chi connectivity index (χ0v) is 9.76. The van der Waals surface area contributed by atoms with E-state index in [1.54, 1.807) is 31.2 Å². The molecule has 0 atom stereocenters. The van der Waals surface area contributed by atoms with Crippen LogP contribution in [0.15, 0.2) is 54.6 Å². The highest BCUT2D eigenvalue weighted by Crippen LogP contribution is 2.04. The van der Waals surface area contributed by atoms with Gasteiger partial charge in [0.15, 0.2) is 5.78 Å². The maximum atomic E-state index is 10.6. The van der Waals surface area contributed by atoms with E-state index < -0.39 is 0 Å². The predicted octanol–water partition coefficient (Wildman–Crippen LogP) is 2.74. The molecule has 0 amide bonds. The van der Waals surface area contributed by atoms with Crippen LogP contribution < -0.4 is 11.5 Å². The summed E-state index contributed by atoms with van der Waals surface area (Å²) >= 11 is 0. The minimum atomic E-state index is 0.121. The van der Waals surface area contributed by atoms with Crippen LogP contribution in [0.1, 0.15) is 17.3 Å². The van der Waals surface area contributed by atoms with Crippen LogP contribution in [-0.2, 0) is 0 Å². The molecule has 0 heterocycles. The number of hydrogen-bond acceptors (Lipinski definition) is 3. The summed E-state index contributed by atoms with van der Waals surface area (Å²) in [6.45, 7) is 1.56. The van der Waals surface area contributed by atoms with Crippen molar-refractivity contribution in [2.45, 2.75) is 6.92 Å². The Kier molecular flexibility index (Phi) is 4.76. The second-order valence-corrected chi connectivity index (χ2v) is 3.59. The highest BCUT2D eigenvalue weighted by atomic mass is 16.1. The molecule has 4 N–H and O–H groups in total. The molecule has 88 valence electrons. The Labute approximate surface area is 101 Å². The maximum Gasteiger partial charge on any atom is 0.159 e. The first-order valence-electron chi connectivity index (χ1n) is 5.26. The largest absolute Gasteiger partial charge is 0.399 e. The van der Waals surface area contributed by atoms with Gasteiger partial charge >= 0.3 is 0 Å². The van der Waals surface area contributed by atoms with Crippen molar-refractivity contribution in [1.29, 1.82) is 0 Å². The number of carbonyl (C=O) groups excluding carboxylic acids is 1. The molecular formula is C14H16N2O. The minimum Gasteiger partial charge on any atom is -0.399 e. The van der Waals surface area contributed by atoms with Crippen LogP contribution in [0.2, 0.25) is 0 Å². The second-order valence-electron chi connectivity index (χ2n) is 3.59. The van der Waals surface area contributed by atoms with E-state index in [4.69, 9.17) is 11.5 Å². The second kappa shape index (κ2) is 6.33. The Balaban J connectivity index is 0.000000171. The molecule has 0 unspecified atom stereocenters. The van der Waals surface area contributed by atoms with E-state index in [1.807, 2.05) is 30.3 Å². The first kappa shape index (κ1) is 12.8. The molecular weight excluding hydrogens is 212 g/mol. The third-order valence-electron chi connectivity index (χ3n) is 2.12. The first-order valence-corrected chi connectivity index (χ1v) is 5.26. The monoisotopic (exact) mass is 228 g/mol. The smallest absolute Gasteiger partial charge is 0.159 e. The van der Waals surface area contributed by atoms with E-state index in [0.29, 0.717) is 0 Å². The van der Waals surface area contributed by atoms with Crippen LogP contribution in [0, 0.1) is 0 Å². The number of anilines is 2. The lowest BCUT2D eigenvalue weighted by atomic mass is 10.2. The SMILES string of the molecule is CC(=O)c1ccccc1.Nc1ccc(N)cc1. The summed E-state index contributed by atoms with van der Waals surface area (Å²) in [6, 6.07) is 16.3. The van der Waals surface area contributed by atoms with Gasteiger partial charge < -0.3 is 11.5 Å². The molecule has 0 saturated heterocycles. The average molecular weight is 228 g/mol. The third kappa shape index (κ3) is 4.84. The van der Waals surface area contributed by atoms with Crippen molar-refractivity contribution < 1.29 is 4.79 Å². The molecule has 0 bridgehead atoms. The molecule has 0 saturated carbocycles. The van der Waals surface area contributed by atoms with Gasteiger partial charge in [-0.05, 0) is 31.2 Å². The molecule has 3 nitrogen and oxygen atoms in total. The van der Waals surface area contributed by atoms with Gasteiger partial charge in [-0.25, -0.2) is 0 Å². The molecule has 0 radical (unpaired) electrons. The lowest BCUT2D eigenvalue weighted by Crippen LogP contribution is -1.88. The predicted molar refractivity (Wildman–Crippen MR) is 71.7 cm³/mol. The highest BCUT2D eigenvalue weighted by Gasteiger charge is 1.92. The Bertz CT molecular complexity index is 442. The Morgan fingerprint density at radius 1 is 0.824 bits per heavy atom. The van der Waals surface area contributed by atoms with Crippen LogP contribution in [0.3, 0.4) is 0 Å².